The van der Waals surface area contributed by atoms with Gasteiger partial charge in [0.05, 0.1) is 51.8 Å². The van der Waals surface area contributed by atoms with Crippen molar-refractivity contribution in [1.82, 2.24) is 9.97 Å². The normalized spacial score (nSPS) is 14.6. The number of aromatic nitrogens is 2. The number of para-hydroxylation sites is 2. The van der Waals surface area contributed by atoms with Crippen molar-refractivity contribution in [2.24, 2.45) is 4.99 Å². The van der Waals surface area contributed by atoms with E-state index in [0.29, 0.717) is 22.3 Å². The molecule has 0 bridgehead atoms. The first-order valence-electron chi connectivity index (χ1n) is 15.3. The van der Waals surface area contributed by atoms with Crippen molar-refractivity contribution in [2.45, 2.75) is 18.1 Å². The van der Waals surface area contributed by atoms with Gasteiger partial charge in [-0.05, 0) is 24.3 Å². The fourth-order valence-electron chi connectivity index (χ4n) is 3.66. The number of aliphatic imine (C=N–C) groups is 1. The third kappa shape index (κ3) is 14.3. The first-order chi connectivity index (χ1) is 24.7. The van der Waals surface area contributed by atoms with Crippen LogP contribution in [-0.4, -0.2) is 123 Å². The van der Waals surface area contributed by atoms with Crippen molar-refractivity contribution in [1.29, 1.82) is 5.26 Å². The van der Waals surface area contributed by atoms with Gasteiger partial charge in [0.25, 0.3) is 0 Å². The predicted molar refractivity (Wildman–Crippen MR) is 199 cm³/mol. The number of esters is 3. The zero-order chi connectivity index (χ0) is 37.0. The van der Waals surface area contributed by atoms with E-state index >= 15 is 0 Å². The summed E-state index contributed by atoms with van der Waals surface area (Å²) < 4.78 is 16.5. The number of carbonyl (C=O) groups is 3. The Morgan fingerprint density at radius 1 is 0.824 bits per heavy atom. The Kier molecular flexibility index (Phi) is 19.2. The Hall–Kier alpha value is -3.36. The van der Waals surface area contributed by atoms with Gasteiger partial charge in [0, 0.05) is 5.75 Å². The van der Waals surface area contributed by atoms with E-state index in [1.807, 2.05) is 54.6 Å². The summed E-state index contributed by atoms with van der Waals surface area (Å²) in [5.74, 6) is 0.139. The maximum absolute atomic E-state index is 11.7. The molecule has 0 fully saturated rings. The Morgan fingerprint density at radius 2 is 1.33 bits per heavy atom. The largest absolute Gasteiger partial charge is 0.462 e. The van der Waals surface area contributed by atoms with E-state index in [9.17, 15) is 14.4 Å². The molecule has 0 radical (unpaired) electrons. The van der Waals surface area contributed by atoms with Crippen LogP contribution < -0.4 is 11.5 Å². The molecule has 3 atom stereocenters. The molecule has 5 rings (SSSR count). The second-order valence-corrected chi connectivity index (χ2v) is 15.6. The molecule has 0 spiro atoms. The SMILES string of the molecule is N#Cc1nc2ccccc2s1.O=C(OCCO)[C@H]1CSC(c2nc3ccccc3s2)=N1.[NH3+]C(CSSCC([NH3+])C(=O)OCCO)C(=O)OCCO. The van der Waals surface area contributed by atoms with Gasteiger partial charge < -0.3 is 41.0 Å². The fourth-order valence-corrected chi connectivity index (χ4v) is 8.84. The van der Waals surface area contributed by atoms with Crippen LogP contribution >= 0.6 is 56.0 Å². The molecule has 9 N–H and O–H groups in total. The molecule has 274 valence electrons. The zero-order valence-electron chi connectivity index (χ0n) is 27.3. The van der Waals surface area contributed by atoms with Crippen molar-refractivity contribution >= 4 is 99.4 Å². The van der Waals surface area contributed by atoms with E-state index in [2.05, 4.69) is 26.4 Å². The summed E-state index contributed by atoms with van der Waals surface area (Å²) in [4.78, 5) is 47.3. The number of carbonyl (C=O) groups excluding carboxylic acids is 3. The summed E-state index contributed by atoms with van der Waals surface area (Å²) >= 11 is 4.51. The molecular formula is C31H38N6O9S5+2. The average molecular weight is 799 g/mol. The minimum atomic E-state index is -0.524. The number of nitrogens with zero attached hydrogens (tertiary/aromatic N) is 4. The third-order valence-corrected chi connectivity index (χ3v) is 11.8. The lowest BCUT2D eigenvalue weighted by atomic mass is 10.3. The lowest BCUT2D eigenvalue weighted by Crippen LogP contribution is -2.67. The molecule has 2 aromatic carbocycles. The molecule has 0 saturated carbocycles. The summed E-state index contributed by atoms with van der Waals surface area (Å²) in [6, 6.07) is 16.1. The lowest BCUT2D eigenvalue weighted by molar-refractivity contribution is -0.401. The number of hydrogen-bond acceptors (Lipinski definition) is 18. The van der Waals surface area contributed by atoms with Crippen LogP contribution in [0.15, 0.2) is 53.5 Å². The maximum Gasteiger partial charge on any atom is 0.365 e. The number of hydrogen-bond donors (Lipinski definition) is 5. The van der Waals surface area contributed by atoms with Crippen molar-refractivity contribution in [3.05, 3.63) is 58.5 Å². The second kappa shape index (κ2) is 23.3. The number of aliphatic hydroxyl groups excluding tert-OH is 3. The highest BCUT2D eigenvalue weighted by Gasteiger charge is 2.28. The maximum atomic E-state index is 11.7. The van der Waals surface area contributed by atoms with E-state index < -0.39 is 30.1 Å². The highest BCUT2D eigenvalue weighted by atomic mass is 33.1. The molecule has 3 heterocycles. The van der Waals surface area contributed by atoms with E-state index in [1.165, 1.54) is 44.7 Å². The quantitative estimate of drug-likeness (QED) is 0.0476. The van der Waals surface area contributed by atoms with Crippen molar-refractivity contribution in [2.75, 3.05) is 56.9 Å². The van der Waals surface area contributed by atoms with Gasteiger partial charge in [0.15, 0.2) is 23.1 Å². The number of thiazole rings is 2. The van der Waals surface area contributed by atoms with Gasteiger partial charge in [0.1, 0.15) is 35.9 Å². The van der Waals surface area contributed by atoms with E-state index in [0.717, 1.165) is 30.5 Å². The number of aliphatic hydroxyl groups is 3. The number of fused-ring (bicyclic) bond motifs is 2. The molecule has 1 aliphatic rings. The lowest BCUT2D eigenvalue weighted by Gasteiger charge is -2.09. The van der Waals surface area contributed by atoms with Gasteiger partial charge in [-0.2, -0.15) is 5.26 Å². The minimum absolute atomic E-state index is 0.0198. The van der Waals surface area contributed by atoms with Gasteiger partial charge in [-0.25, -0.2) is 24.4 Å². The summed E-state index contributed by atoms with van der Waals surface area (Å²) in [5, 5.41) is 36.4. The third-order valence-electron chi connectivity index (χ3n) is 6.08. The van der Waals surface area contributed by atoms with Crippen LogP contribution in [0.3, 0.4) is 0 Å². The molecule has 2 unspecified atom stereocenters. The molecule has 15 nitrogen and oxygen atoms in total. The van der Waals surface area contributed by atoms with E-state index in [1.54, 1.807) is 11.3 Å². The fraction of sp³-hybridized carbons (Fsp3) is 0.387. The number of quaternary nitrogens is 2. The topological polar surface area (TPSA) is 257 Å². The number of ether oxygens (including phenoxy) is 3. The summed E-state index contributed by atoms with van der Waals surface area (Å²) in [6.07, 6.45) is 0. The molecule has 51 heavy (non-hydrogen) atoms. The second-order valence-electron chi connectivity index (χ2n) is 9.98. The van der Waals surface area contributed by atoms with Crippen molar-refractivity contribution in [3.8, 4) is 6.07 Å². The van der Waals surface area contributed by atoms with Crippen LogP contribution in [0, 0.1) is 11.3 Å². The number of rotatable bonds is 15. The van der Waals surface area contributed by atoms with Gasteiger partial charge in [0.2, 0.25) is 0 Å². The summed E-state index contributed by atoms with van der Waals surface area (Å²) in [7, 11) is 2.77. The first-order valence-corrected chi connectivity index (χ1v) is 20.4. The molecule has 0 saturated heterocycles. The average Bonchev–Trinajstić information content (AvgIpc) is 3.92. The Labute approximate surface area is 313 Å². The zero-order valence-corrected chi connectivity index (χ0v) is 31.3. The summed E-state index contributed by atoms with van der Waals surface area (Å²) in [6.45, 7) is -0.619. The number of benzene rings is 2. The van der Waals surface area contributed by atoms with Crippen LogP contribution in [0.1, 0.15) is 10.0 Å². The van der Waals surface area contributed by atoms with E-state index in [4.69, 9.17) is 34.8 Å². The highest BCUT2D eigenvalue weighted by molar-refractivity contribution is 8.76. The Bertz CT molecular complexity index is 1690. The van der Waals surface area contributed by atoms with Crippen molar-refractivity contribution in [3.63, 3.8) is 0 Å². The monoisotopic (exact) mass is 798 g/mol. The minimum Gasteiger partial charge on any atom is -0.462 e. The molecular weight excluding hydrogens is 761 g/mol. The Morgan fingerprint density at radius 3 is 1.84 bits per heavy atom. The molecule has 4 aromatic rings. The number of thioether (sulfide) groups is 1. The standard InChI is InChI=1S/C13H12N2O3S2.C10H20N2O6S2.C8H4N2S/c16-5-6-18-13(17)9-7-19-11(15-9)12-14-8-3-1-2-4-10(8)20-12;11-7(9(15)17-3-1-13)5-19-20-6-8(12)10(16)18-4-2-14;9-5-8-10-6-3-1-2-4-7(6)11-8/h1-4,9,16H,5-7H2;7-8,13-14H,1-6,11-12H2;1-4H/p+2/t9-;;/m1../s1. The van der Waals surface area contributed by atoms with Gasteiger partial charge >= 0.3 is 17.9 Å². The van der Waals surface area contributed by atoms with E-state index in [-0.39, 0.29) is 45.6 Å². The van der Waals surface area contributed by atoms with Gasteiger partial charge in [-0.1, -0.05) is 45.9 Å². The smallest absolute Gasteiger partial charge is 0.365 e. The first kappa shape index (κ1) is 42.1. The van der Waals surface area contributed by atoms with Crippen LogP contribution in [0.5, 0.6) is 0 Å². The van der Waals surface area contributed by atoms with Crippen LogP contribution in [0.2, 0.25) is 0 Å². The molecule has 2 aromatic heterocycles. The molecule has 1 aliphatic heterocycles. The predicted octanol–water partition coefficient (Wildman–Crippen LogP) is 0.522. The van der Waals surface area contributed by atoms with Gasteiger partial charge in [-0.15, -0.1) is 34.4 Å². The van der Waals surface area contributed by atoms with Crippen LogP contribution in [0.25, 0.3) is 20.4 Å². The van der Waals surface area contributed by atoms with Crippen LogP contribution in [-0.2, 0) is 28.6 Å². The van der Waals surface area contributed by atoms with Gasteiger partial charge in [-0.3, -0.25) is 4.99 Å². The van der Waals surface area contributed by atoms with Crippen LogP contribution in [0.4, 0.5) is 0 Å². The Balaban J connectivity index is 0.000000215. The number of nitriles is 1. The molecule has 0 amide bonds. The molecule has 20 heteroatoms. The molecule has 0 aliphatic carbocycles. The highest BCUT2D eigenvalue weighted by Crippen LogP contribution is 2.30. The van der Waals surface area contributed by atoms with Crippen molar-refractivity contribution < 1.29 is 55.4 Å². The summed E-state index contributed by atoms with van der Waals surface area (Å²) in [5.41, 5.74) is 9.17.